The van der Waals surface area contributed by atoms with Gasteiger partial charge in [0.2, 0.25) is 0 Å². The van der Waals surface area contributed by atoms with Gasteiger partial charge in [-0.15, -0.1) is 0 Å². The van der Waals surface area contributed by atoms with Gasteiger partial charge in [0.05, 0.1) is 24.8 Å². The van der Waals surface area contributed by atoms with E-state index in [1.165, 1.54) is 0 Å². The van der Waals surface area contributed by atoms with Crippen molar-refractivity contribution in [2.45, 2.75) is 31.8 Å². The molecule has 14 heavy (non-hydrogen) atoms. The summed E-state index contributed by atoms with van der Waals surface area (Å²) in [4.78, 5) is 6.86. The Kier molecular flexibility index (Phi) is 2.30. The summed E-state index contributed by atoms with van der Waals surface area (Å²) < 4.78 is 11.2. The fourth-order valence-corrected chi connectivity index (χ4v) is 1.65. The van der Waals surface area contributed by atoms with Crippen molar-refractivity contribution in [3.05, 3.63) is 18.2 Å². The fourth-order valence-electron chi connectivity index (χ4n) is 1.65. The lowest BCUT2D eigenvalue weighted by Crippen LogP contribution is -2.23. The summed E-state index contributed by atoms with van der Waals surface area (Å²) in [6, 6.07) is 0. The maximum Gasteiger partial charge on any atom is 0.164 e. The molecule has 0 radical (unpaired) electrons. The Bertz CT molecular complexity index is 297. The number of nitrogens with zero attached hydrogens (tertiary/aromatic N) is 1. The SMILES string of the molecule is CC1(C)O[C@@H](CO)[C@@H](c2cnc[nH]2)O1. The van der Waals surface area contributed by atoms with Crippen molar-refractivity contribution in [3.63, 3.8) is 0 Å². The lowest BCUT2D eigenvalue weighted by molar-refractivity contribution is -0.149. The molecule has 0 amide bonds. The number of ether oxygens (including phenoxy) is 2. The van der Waals surface area contributed by atoms with Gasteiger partial charge in [-0.05, 0) is 13.8 Å². The third kappa shape index (κ3) is 1.66. The molecular weight excluding hydrogens is 184 g/mol. The number of aliphatic hydroxyl groups is 1. The molecule has 0 saturated carbocycles. The molecule has 1 aromatic rings. The maximum absolute atomic E-state index is 9.13. The van der Waals surface area contributed by atoms with E-state index in [2.05, 4.69) is 9.97 Å². The van der Waals surface area contributed by atoms with Gasteiger partial charge in [0, 0.05) is 0 Å². The number of aliphatic hydroxyl groups excluding tert-OH is 1. The van der Waals surface area contributed by atoms with Crippen molar-refractivity contribution in [1.82, 2.24) is 9.97 Å². The van der Waals surface area contributed by atoms with Gasteiger partial charge in [-0.2, -0.15) is 0 Å². The monoisotopic (exact) mass is 198 g/mol. The van der Waals surface area contributed by atoms with Gasteiger partial charge in [0.1, 0.15) is 12.2 Å². The Labute approximate surface area is 82.1 Å². The van der Waals surface area contributed by atoms with Crippen molar-refractivity contribution in [1.29, 1.82) is 0 Å². The molecule has 1 fully saturated rings. The van der Waals surface area contributed by atoms with Crippen molar-refractivity contribution >= 4 is 0 Å². The van der Waals surface area contributed by atoms with Crippen molar-refractivity contribution in [2.75, 3.05) is 6.61 Å². The van der Waals surface area contributed by atoms with Crippen LogP contribution in [0.2, 0.25) is 0 Å². The third-order valence-corrected chi connectivity index (χ3v) is 2.19. The Balaban J connectivity index is 2.19. The van der Waals surface area contributed by atoms with Gasteiger partial charge in [-0.3, -0.25) is 0 Å². The largest absolute Gasteiger partial charge is 0.394 e. The second kappa shape index (κ2) is 3.34. The van der Waals surface area contributed by atoms with E-state index in [1.54, 1.807) is 12.5 Å². The van der Waals surface area contributed by atoms with Crippen LogP contribution in [0.4, 0.5) is 0 Å². The molecule has 0 unspecified atom stereocenters. The average molecular weight is 198 g/mol. The normalized spacial score (nSPS) is 30.8. The zero-order chi connectivity index (χ0) is 10.2. The van der Waals surface area contributed by atoms with Crippen LogP contribution in [-0.4, -0.2) is 33.6 Å². The molecule has 0 spiro atoms. The lowest BCUT2D eigenvalue weighted by Gasteiger charge is -2.16. The number of aromatic nitrogens is 2. The van der Waals surface area contributed by atoms with E-state index in [9.17, 15) is 0 Å². The number of H-pyrrole nitrogens is 1. The smallest absolute Gasteiger partial charge is 0.164 e. The topological polar surface area (TPSA) is 67.4 Å². The number of hydrogen-bond donors (Lipinski definition) is 2. The molecule has 2 atom stereocenters. The Morgan fingerprint density at radius 3 is 2.93 bits per heavy atom. The van der Waals surface area contributed by atoms with E-state index >= 15 is 0 Å². The minimum Gasteiger partial charge on any atom is -0.394 e. The molecule has 78 valence electrons. The van der Waals surface area contributed by atoms with Crippen LogP contribution in [0, 0.1) is 0 Å². The molecule has 2 heterocycles. The van der Waals surface area contributed by atoms with Gasteiger partial charge in [-0.1, -0.05) is 0 Å². The summed E-state index contributed by atoms with van der Waals surface area (Å²) in [5.41, 5.74) is 0.828. The highest BCUT2D eigenvalue weighted by molar-refractivity contribution is 5.04. The summed E-state index contributed by atoms with van der Waals surface area (Å²) in [6.07, 6.45) is 2.67. The third-order valence-electron chi connectivity index (χ3n) is 2.19. The molecule has 2 N–H and O–H groups in total. The molecule has 5 nitrogen and oxygen atoms in total. The van der Waals surface area contributed by atoms with Crippen LogP contribution in [0.3, 0.4) is 0 Å². The van der Waals surface area contributed by atoms with Crippen LogP contribution >= 0.6 is 0 Å². The van der Waals surface area contributed by atoms with Crippen LogP contribution in [0.15, 0.2) is 12.5 Å². The molecular formula is C9H14N2O3. The van der Waals surface area contributed by atoms with Crippen LogP contribution in [0.25, 0.3) is 0 Å². The fraction of sp³-hybridized carbons (Fsp3) is 0.667. The summed E-state index contributed by atoms with van der Waals surface area (Å²) in [6.45, 7) is 3.59. The van der Waals surface area contributed by atoms with Crippen molar-refractivity contribution in [3.8, 4) is 0 Å². The van der Waals surface area contributed by atoms with Gasteiger partial charge in [0.15, 0.2) is 5.79 Å². The van der Waals surface area contributed by atoms with E-state index < -0.39 is 5.79 Å². The van der Waals surface area contributed by atoms with Crippen LogP contribution in [0.1, 0.15) is 25.6 Å². The molecule has 1 aromatic heterocycles. The minimum absolute atomic E-state index is 0.0624. The zero-order valence-corrected chi connectivity index (χ0v) is 8.23. The predicted molar refractivity (Wildman–Crippen MR) is 48.5 cm³/mol. The van der Waals surface area contributed by atoms with Crippen LogP contribution in [-0.2, 0) is 9.47 Å². The first kappa shape index (κ1) is 9.64. The second-order valence-electron chi connectivity index (χ2n) is 3.78. The molecule has 1 aliphatic rings. The van der Waals surface area contributed by atoms with E-state index in [4.69, 9.17) is 14.6 Å². The summed E-state index contributed by atoms with van der Waals surface area (Å²) in [5, 5.41) is 9.13. The Morgan fingerprint density at radius 2 is 2.36 bits per heavy atom. The number of hydrogen-bond acceptors (Lipinski definition) is 4. The Hall–Kier alpha value is -0.910. The highest BCUT2D eigenvalue weighted by Crippen LogP contribution is 2.36. The van der Waals surface area contributed by atoms with Crippen LogP contribution < -0.4 is 0 Å². The zero-order valence-electron chi connectivity index (χ0n) is 8.23. The number of rotatable bonds is 2. The molecule has 5 heteroatoms. The quantitative estimate of drug-likeness (QED) is 0.730. The first-order valence-electron chi connectivity index (χ1n) is 4.57. The molecule has 0 bridgehead atoms. The van der Waals surface area contributed by atoms with Crippen LogP contribution in [0.5, 0.6) is 0 Å². The van der Waals surface area contributed by atoms with Gasteiger partial charge in [0.25, 0.3) is 0 Å². The molecule has 1 saturated heterocycles. The van der Waals surface area contributed by atoms with E-state index in [0.29, 0.717) is 0 Å². The van der Waals surface area contributed by atoms with Gasteiger partial charge < -0.3 is 19.6 Å². The van der Waals surface area contributed by atoms with Crippen molar-refractivity contribution < 1.29 is 14.6 Å². The maximum atomic E-state index is 9.13. The first-order valence-corrected chi connectivity index (χ1v) is 4.57. The number of aromatic amines is 1. The highest BCUT2D eigenvalue weighted by Gasteiger charge is 2.42. The highest BCUT2D eigenvalue weighted by atomic mass is 16.8. The predicted octanol–water partition coefficient (Wildman–Crippen LogP) is 0.595. The molecule has 0 aromatic carbocycles. The minimum atomic E-state index is -0.650. The molecule has 2 rings (SSSR count). The second-order valence-corrected chi connectivity index (χ2v) is 3.78. The van der Waals surface area contributed by atoms with E-state index in [1.807, 2.05) is 13.8 Å². The number of nitrogens with one attached hydrogen (secondary N) is 1. The average Bonchev–Trinajstić information content (AvgIpc) is 2.70. The van der Waals surface area contributed by atoms with Crippen molar-refractivity contribution in [2.24, 2.45) is 0 Å². The van der Waals surface area contributed by atoms with Gasteiger partial charge in [-0.25, -0.2) is 4.98 Å². The van der Waals surface area contributed by atoms with E-state index in [0.717, 1.165) is 5.69 Å². The molecule has 1 aliphatic heterocycles. The van der Waals surface area contributed by atoms with Gasteiger partial charge >= 0.3 is 0 Å². The molecule has 0 aliphatic carbocycles. The van der Waals surface area contributed by atoms with E-state index in [-0.39, 0.29) is 18.8 Å². The standard InChI is InChI=1S/C9H14N2O3/c1-9(2)13-7(4-12)8(14-9)6-3-10-5-11-6/h3,5,7-8,12H,4H2,1-2H3,(H,10,11)/t7-,8+/m0/s1. The summed E-state index contributed by atoms with van der Waals surface area (Å²) >= 11 is 0. The summed E-state index contributed by atoms with van der Waals surface area (Å²) in [7, 11) is 0. The summed E-state index contributed by atoms with van der Waals surface area (Å²) in [5.74, 6) is -0.650. The lowest BCUT2D eigenvalue weighted by atomic mass is 10.2. The number of imidazole rings is 1. The first-order chi connectivity index (χ1) is 6.62. The Morgan fingerprint density at radius 1 is 1.57 bits per heavy atom.